The van der Waals surface area contributed by atoms with Gasteiger partial charge in [0, 0.05) is 24.7 Å². The highest BCUT2D eigenvalue weighted by Crippen LogP contribution is 2.27. The van der Waals surface area contributed by atoms with E-state index in [9.17, 15) is 16.8 Å². The lowest BCUT2D eigenvalue weighted by Crippen LogP contribution is -2.35. The lowest BCUT2D eigenvalue weighted by atomic mass is 10.2. The largest absolute Gasteiger partial charge is 0.492 e. The summed E-state index contributed by atoms with van der Waals surface area (Å²) in [6.45, 7) is 3.36. The number of halogens is 1. The summed E-state index contributed by atoms with van der Waals surface area (Å²) >= 11 is 5.96. The van der Waals surface area contributed by atoms with Crippen LogP contribution in [0.15, 0.2) is 52.3 Å². The summed E-state index contributed by atoms with van der Waals surface area (Å²) in [5.74, 6) is 0.242. The molecule has 1 aliphatic heterocycles. The van der Waals surface area contributed by atoms with Crippen LogP contribution in [0.5, 0.6) is 5.75 Å². The van der Waals surface area contributed by atoms with Crippen molar-refractivity contribution in [1.82, 2.24) is 9.03 Å². The molecule has 0 unspecified atom stereocenters. The maximum atomic E-state index is 12.7. The SMILES string of the molecule is CCOc1ccc(Cl)cc1S(=O)(=O)NCCc1ccc(S(=O)(=O)N2CCCCC2)cc1. The Hall–Kier alpha value is -1.65. The first-order valence-electron chi connectivity index (χ1n) is 10.2. The van der Waals surface area contributed by atoms with E-state index in [0.29, 0.717) is 31.1 Å². The molecular weight excluding hydrogens is 460 g/mol. The van der Waals surface area contributed by atoms with Gasteiger partial charge in [0.2, 0.25) is 20.0 Å². The summed E-state index contributed by atoms with van der Waals surface area (Å²) < 4.78 is 60.3. The highest BCUT2D eigenvalue weighted by molar-refractivity contribution is 7.89. The van der Waals surface area contributed by atoms with Crippen molar-refractivity contribution in [3.63, 3.8) is 0 Å². The van der Waals surface area contributed by atoms with Crippen LogP contribution in [-0.4, -0.2) is 47.4 Å². The van der Waals surface area contributed by atoms with Gasteiger partial charge in [0.15, 0.2) is 0 Å². The summed E-state index contributed by atoms with van der Waals surface area (Å²) in [6.07, 6.45) is 3.24. The summed E-state index contributed by atoms with van der Waals surface area (Å²) in [4.78, 5) is 0.254. The third-order valence-corrected chi connectivity index (χ3v) is 8.71. The highest BCUT2D eigenvalue weighted by Gasteiger charge is 2.25. The average molecular weight is 487 g/mol. The molecule has 2 aromatic rings. The number of sulfonamides is 2. The van der Waals surface area contributed by atoms with Crippen LogP contribution >= 0.6 is 11.6 Å². The number of hydrogen-bond donors (Lipinski definition) is 1. The maximum absolute atomic E-state index is 12.7. The van der Waals surface area contributed by atoms with Crippen LogP contribution in [-0.2, 0) is 26.5 Å². The number of piperidine rings is 1. The monoisotopic (exact) mass is 486 g/mol. The van der Waals surface area contributed by atoms with Gasteiger partial charge in [-0.3, -0.25) is 0 Å². The molecule has 31 heavy (non-hydrogen) atoms. The van der Waals surface area contributed by atoms with Crippen LogP contribution in [0.3, 0.4) is 0 Å². The van der Waals surface area contributed by atoms with E-state index in [4.69, 9.17) is 16.3 Å². The van der Waals surface area contributed by atoms with Crippen molar-refractivity contribution in [3.05, 3.63) is 53.1 Å². The Bertz CT molecular complexity index is 1100. The van der Waals surface area contributed by atoms with E-state index in [1.54, 1.807) is 37.3 Å². The van der Waals surface area contributed by atoms with Crippen molar-refractivity contribution in [2.75, 3.05) is 26.2 Å². The van der Waals surface area contributed by atoms with Crippen LogP contribution in [0.2, 0.25) is 5.02 Å². The normalized spacial score (nSPS) is 15.7. The number of nitrogens with zero attached hydrogens (tertiary/aromatic N) is 1. The molecule has 0 aromatic heterocycles. The maximum Gasteiger partial charge on any atom is 0.244 e. The second kappa shape index (κ2) is 10.3. The molecule has 0 radical (unpaired) electrons. The molecule has 1 fully saturated rings. The van der Waals surface area contributed by atoms with E-state index in [2.05, 4.69) is 4.72 Å². The topological polar surface area (TPSA) is 92.8 Å². The Labute approximate surface area is 189 Å². The standard InChI is InChI=1S/C21H27ClN2O5S2/c1-2-29-20-11-8-18(22)16-21(20)30(25,26)23-13-12-17-6-9-19(10-7-17)31(27,28)24-14-4-3-5-15-24/h6-11,16,23H,2-5,12-15H2,1H3. The third kappa shape index (κ3) is 5.98. The minimum Gasteiger partial charge on any atom is -0.492 e. The Morgan fingerprint density at radius 1 is 1.00 bits per heavy atom. The van der Waals surface area contributed by atoms with Crippen molar-refractivity contribution in [2.24, 2.45) is 0 Å². The Morgan fingerprint density at radius 3 is 2.32 bits per heavy atom. The van der Waals surface area contributed by atoms with Crippen molar-refractivity contribution in [1.29, 1.82) is 0 Å². The molecular formula is C21H27ClN2O5S2. The minimum atomic E-state index is -3.81. The molecule has 0 spiro atoms. The number of benzene rings is 2. The molecule has 1 N–H and O–H groups in total. The van der Waals surface area contributed by atoms with Crippen molar-refractivity contribution >= 4 is 31.6 Å². The number of ether oxygens (including phenoxy) is 1. The van der Waals surface area contributed by atoms with Crippen molar-refractivity contribution in [3.8, 4) is 5.75 Å². The molecule has 0 amide bonds. The fourth-order valence-corrected chi connectivity index (χ4v) is 6.41. The first-order chi connectivity index (χ1) is 14.7. The van der Waals surface area contributed by atoms with Crippen molar-refractivity contribution < 1.29 is 21.6 Å². The Morgan fingerprint density at radius 2 is 1.68 bits per heavy atom. The van der Waals surface area contributed by atoms with Gasteiger partial charge in [-0.05, 0) is 62.1 Å². The predicted molar refractivity (Wildman–Crippen MR) is 121 cm³/mol. The predicted octanol–water partition coefficient (Wildman–Crippen LogP) is 3.43. The second-order valence-corrected chi connectivity index (χ2v) is 11.4. The van der Waals surface area contributed by atoms with Gasteiger partial charge < -0.3 is 4.74 Å². The van der Waals surface area contributed by atoms with Crippen LogP contribution in [0.4, 0.5) is 0 Å². The summed E-state index contributed by atoms with van der Waals surface area (Å²) in [6, 6.07) is 11.1. The molecule has 0 atom stereocenters. The summed E-state index contributed by atoms with van der Waals surface area (Å²) in [5, 5.41) is 0.300. The Kier molecular flexibility index (Phi) is 7.98. The summed E-state index contributed by atoms with van der Waals surface area (Å²) in [7, 11) is -7.29. The fourth-order valence-electron chi connectivity index (χ4n) is 3.46. The minimum absolute atomic E-state index is 0.00942. The average Bonchev–Trinajstić information content (AvgIpc) is 2.76. The zero-order valence-corrected chi connectivity index (χ0v) is 19.8. The quantitative estimate of drug-likeness (QED) is 0.586. The van der Waals surface area contributed by atoms with Gasteiger partial charge in [-0.25, -0.2) is 21.6 Å². The molecule has 2 aromatic carbocycles. The molecule has 10 heteroatoms. The zero-order valence-electron chi connectivity index (χ0n) is 17.4. The first-order valence-corrected chi connectivity index (χ1v) is 13.6. The van der Waals surface area contributed by atoms with E-state index < -0.39 is 20.0 Å². The highest BCUT2D eigenvalue weighted by atomic mass is 35.5. The number of hydrogen-bond acceptors (Lipinski definition) is 5. The smallest absolute Gasteiger partial charge is 0.244 e. The summed E-state index contributed by atoms with van der Waals surface area (Å²) in [5.41, 5.74) is 0.830. The molecule has 170 valence electrons. The van der Waals surface area contributed by atoms with Gasteiger partial charge in [0.05, 0.1) is 11.5 Å². The lowest BCUT2D eigenvalue weighted by molar-refractivity contribution is 0.331. The van der Waals surface area contributed by atoms with E-state index in [0.717, 1.165) is 24.8 Å². The van der Waals surface area contributed by atoms with Gasteiger partial charge >= 0.3 is 0 Å². The molecule has 7 nitrogen and oxygen atoms in total. The first kappa shape index (κ1) is 24.0. The molecule has 0 saturated carbocycles. The molecule has 1 heterocycles. The second-order valence-electron chi connectivity index (χ2n) is 7.28. The van der Waals surface area contributed by atoms with Gasteiger partial charge in [-0.1, -0.05) is 30.2 Å². The fraction of sp³-hybridized carbons (Fsp3) is 0.429. The van der Waals surface area contributed by atoms with Crippen LogP contribution in [0.1, 0.15) is 31.7 Å². The molecule has 0 aliphatic carbocycles. The van der Waals surface area contributed by atoms with Crippen LogP contribution in [0, 0.1) is 0 Å². The molecule has 0 bridgehead atoms. The van der Waals surface area contributed by atoms with Crippen LogP contribution in [0.25, 0.3) is 0 Å². The third-order valence-electron chi connectivity index (χ3n) is 5.08. The molecule has 3 rings (SSSR count). The number of rotatable bonds is 9. The molecule has 1 saturated heterocycles. The van der Waals surface area contributed by atoms with Crippen LogP contribution < -0.4 is 9.46 Å². The van der Waals surface area contributed by atoms with Gasteiger partial charge in [0.25, 0.3) is 0 Å². The van der Waals surface area contributed by atoms with Crippen molar-refractivity contribution in [2.45, 2.75) is 42.4 Å². The Balaban J connectivity index is 1.64. The molecule has 1 aliphatic rings. The van der Waals surface area contributed by atoms with E-state index >= 15 is 0 Å². The van der Waals surface area contributed by atoms with E-state index in [1.807, 2.05) is 0 Å². The number of nitrogens with one attached hydrogen (secondary N) is 1. The van der Waals surface area contributed by atoms with E-state index in [-0.39, 0.29) is 22.1 Å². The zero-order chi connectivity index (χ0) is 22.5. The van der Waals surface area contributed by atoms with Gasteiger partial charge in [0.1, 0.15) is 10.6 Å². The van der Waals surface area contributed by atoms with Gasteiger partial charge in [-0.15, -0.1) is 0 Å². The van der Waals surface area contributed by atoms with Gasteiger partial charge in [-0.2, -0.15) is 4.31 Å². The lowest BCUT2D eigenvalue weighted by Gasteiger charge is -2.25. The van der Waals surface area contributed by atoms with E-state index in [1.165, 1.54) is 16.4 Å².